The van der Waals surface area contributed by atoms with Crippen molar-refractivity contribution in [1.82, 2.24) is 18.8 Å². The van der Waals surface area contributed by atoms with Gasteiger partial charge in [-0.15, -0.1) is 0 Å². The van der Waals surface area contributed by atoms with E-state index in [9.17, 15) is 19.2 Å². The molecule has 11 heteroatoms. The van der Waals surface area contributed by atoms with Crippen molar-refractivity contribution in [3.63, 3.8) is 0 Å². The van der Waals surface area contributed by atoms with Crippen molar-refractivity contribution in [1.29, 1.82) is 0 Å². The van der Waals surface area contributed by atoms with Crippen LogP contribution in [-0.4, -0.2) is 61.3 Å². The average molecular weight is 452 g/mol. The van der Waals surface area contributed by atoms with E-state index in [1.807, 2.05) is 0 Å². The molecule has 0 fully saturated rings. The molecule has 11 nitrogen and oxygen atoms in total. The Labute approximate surface area is 187 Å². The van der Waals surface area contributed by atoms with Gasteiger partial charge in [-0.25, -0.2) is 24.4 Å². The number of rotatable bonds is 6. The van der Waals surface area contributed by atoms with Gasteiger partial charge in [-0.3, -0.25) is 13.6 Å². The molecule has 33 heavy (non-hydrogen) atoms. The number of hydrogen-bond acceptors (Lipinski definition) is 8. The fourth-order valence-electron chi connectivity index (χ4n) is 3.02. The molecule has 4 aromatic heterocycles. The largest absolute Gasteiger partial charge is 0.476 e. The molecule has 0 saturated heterocycles. The predicted molar refractivity (Wildman–Crippen MR) is 115 cm³/mol. The second kappa shape index (κ2) is 10.2. The van der Waals surface area contributed by atoms with Crippen molar-refractivity contribution in [2.45, 2.75) is 13.8 Å². The van der Waals surface area contributed by atoms with Crippen LogP contribution in [0.1, 0.15) is 56.1 Å². The van der Waals surface area contributed by atoms with E-state index in [1.165, 1.54) is 4.40 Å². The third kappa shape index (κ3) is 4.71. The maximum atomic E-state index is 11.6. The van der Waals surface area contributed by atoms with Gasteiger partial charge in [-0.05, 0) is 38.1 Å². The van der Waals surface area contributed by atoms with Crippen LogP contribution in [0.4, 0.5) is 0 Å². The number of carboxylic acid groups (broad SMARTS) is 1. The quantitative estimate of drug-likeness (QED) is 0.345. The highest BCUT2D eigenvalue weighted by Crippen LogP contribution is 2.14. The van der Waals surface area contributed by atoms with Crippen molar-refractivity contribution >= 4 is 35.2 Å². The lowest BCUT2D eigenvalue weighted by Gasteiger charge is -1.99. The first-order chi connectivity index (χ1) is 15.9. The number of imidazole rings is 2. The van der Waals surface area contributed by atoms with Crippen LogP contribution in [0.25, 0.3) is 11.0 Å². The zero-order valence-electron chi connectivity index (χ0n) is 17.8. The summed E-state index contributed by atoms with van der Waals surface area (Å²) < 4.78 is 12.6. The summed E-state index contributed by atoms with van der Waals surface area (Å²) in [6, 6.07) is 10.2. The Morgan fingerprint density at radius 2 is 1.39 bits per heavy atom. The SMILES string of the molecule is CCOC(=O)c1nc(C(=O)O)c2ccccn12.CCOC(=O)c1nc(C=O)c2ccccn12. The summed E-state index contributed by atoms with van der Waals surface area (Å²) in [4.78, 5) is 52.7. The van der Waals surface area contributed by atoms with Gasteiger partial charge in [0.1, 0.15) is 5.69 Å². The number of fused-ring (bicyclic) bond motifs is 2. The molecule has 0 aromatic carbocycles. The summed E-state index contributed by atoms with van der Waals surface area (Å²) in [7, 11) is 0. The Hall–Kier alpha value is -4.54. The van der Waals surface area contributed by atoms with Crippen molar-refractivity contribution in [3.8, 4) is 0 Å². The number of carbonyl (C=O) groups excluding carboxylic acids is 3. The van der Waals surface area contributed by atoms with Crippen LogP contribution < -0.4 is 0 Å². The maximum absolute atomic E-state index is 11.6. The molecule has 4 rings (SSSR count). The molecule has 170 valence electrons. The van der Waals surface area contributed by atoms with Gasteiger partial charge < -0.3 is 14.6 Å². The molecule has 0 amide bonds. The molecule has 4 heterocycles. The minimum absolute atomic E-state index is 0.0279. The maximum Gasteiger partial charge on any atom is 0.374 e. The van der Waals surface area contributed by atoms with E-state index in [4.69, 9.17) is 14.6 Å². The molecular formula is C22H20N4O7. The number of aromatic carboxylic acids is 1. The number of nitrogens with zero attached hydrogens (tertiary/aromatic N) is 4. The molecule has 1 N–H and O–H groups in total. The minimum atomic E-state index is -1.18. The van der Waals surface area contributed by atoms with Gasteiger partial charge in [-0.2, -0.15) is 0 Å². The summed E-state index contributed by atoms with van der Waals surface area (Å²) in [5, 5.41) is 8.98. The smallest absolute Gasteiger partial charge is 0.374 e. The molecule has 0 saturated carbocycles. The fraction of sp³-hybridized carbons (Fsp3) is 0.182. The molecule has 0 spiro atoms. The third-order valence-electron chi connectivity index (χ3n) is 4.36. The zero-order valence-corrected chi connectivity index (χ0v) is 17.8. The van der Waals surface area contributed by atoms with Crippen molar-refractivity contribution in [3.05, 3.63) is 71.8 Å². The van der Waals surface area contributed by atoms with E-state index in [2.05, 4.69) is 9.97 Å². The second-order valence-electron chi connectivity index (χ2n) is 6.38. The van der Waals surface area contributed by atoms with Gasteiger partial charge in [0.05, 0.1) is 24.2 Å². The summed E-state index contributed by atoms with van der Waals surface area (Å²) in [6.45, 7) is 3.88. The first-order valence-electron chi connectivity index (χ1n) is 9.89. The Bertz CT molecular complexity index is 1340. The molecule has 0 unspecified atom stereocenters. The molecule has 4 aromatic rings. The molecule has 0 bridgehead atoms. The Morgan fingerprint density at radius 3 is 1.91 bits per heavy atom. The topological polar surface area (TPSA) is 142 Å². The Morgan fingerprint density at radius 1 is 0.879 bits per heavy atom. The van der Waals surface area contributed by atoms with Crippen LogP contribution in [0.2, 0.25) is 0 Å². The highest BCUT2D eigenvalue weighted by Gasteiger charge is 2.21. The van der Waals surface area contributed by atoms with E-state index >= 15 is 0 Å². The Kier molecular flexibility index (Phi) is 7.13. The fourth-order valence-corrected chi connectivity index (χ4v) is 3.02. The minimum Gasteiger partial charge on any atom is -0.476 e. The van der Waals surface area contributed by atoms with E-state index in [0.717, 1.165) is 0 Å². The van der Waals surface area contributed by atoms with Gasteiger partial charge in [0.2, 0.25) is 11.6 Å². The standard InChI is InChI=1S/C11H10N2O4.C11H10N2O3/c1-2-17-11(16)9-12-8(10(14)15)7-5-3-4-6-13(7)9;1-2-16-11(15)10-12-8(7-14)9-5-3-4-6-13(9)10/h3-6H,2H2,1H3,(H,14,15);3-7H,2H2,1H3. The van der Waals surface area contributed by atoms with Gasteiger partial charge in [0.15, 0.2) is 12.0 Å². The van der Waals surface area contributed by atoms with Crippen LogP contribution in [0, 0.1) is 0 Å². The van der Waals surface area contributed by atoms with Crippen LogP contribution >= 0.6 is 0 Å². The molecule has 0 aliphatic heterocycles. The predicted octanol–water partition coefficient (Wildman–Crippen LogP) is 2.53. The van der Waals surface area contributed by atoms with Crippen molar-refractivity contribution < 1.29 is 33.8 Å². The van der Waals surface area contributed by atoms with Crippen LogP contribution in [0.15, 0.2) is 48.8 Å². The number of esters is 2. The highest BCUT2D eigenvalue weighted by atomic mass is 16.5. The molecule has 0 aliphatic carbocycles. The van der Waals surface area contributed by atoms with Crippen molar-refractivity contribution in [2.75, 3.05) is 13.2 Å². The first-order valence-corrected chi connectivity index (χ1v) is 9.89. The normalized spacial score (nSPS) is 10.4. The van der Waals surface area contributed by atoms with E-state index in [0.29, 0.717) is 17.3 Å². The Balaban J connectivity index is 0.000000186. The molecule has 0 radical (unpaired) electrons. The summed E-state index contributed by atoms with van der Waals surface area (Å²) in [5.74, 6) is -2.25. The van der Waals surface area contributed by atoms with Crippen LogP contribution in [-0.2, 0) is 9.47 Å². The lowest BCUT2D eigenvalue weighted by Crippen LogP contribution is -2.09. The van der Waals surface area contributed by atoms with Crippen LogP contribution in [0.5, 0.6) is 0 Å². The molecule has 0 atom stereocenters. The van der Waals surface area contributed by atoms with E-state index in [1.54, 1.807) is 67.0 Å². The summed E-state index contributed by atoms with van der Waals surface area (Å²) in [6.07, 6.45) is 3.86. The monoisotopic (exact) mass is 452 g/mol. The lowest BCUT2D eigenvalue weighted by molar-refractivity contribution is 0.0501. The van der Waals surface area contributed by atoms with Crippen molar-refractivity contribution in [2.24, 2.45) is 0 Å². The van der Waals surface area contributed by atoms with Crippen LogP contribution in [0.3, 0.4) is 0 Å². The number of carbonyl (C=O) groups is 4. The van der Waals surface area contributed by atoms with Gasteiger partial charge in [0.25, 0.3) is 0 Å². The lowest BCUT2D eigenvalue weighted by atomic mass is 10.3. The van der Waals surface area contributed by atoms with Gasteiger partial charge in [-0.1, -0.05) is 12.1 Å². The average Bonchev–Trinajstić information content (AvgIpc) is 3.39. The number of carboxylic acids is 1. The number of aldehydes is 1. The zero-order chi connectivity index (χ0) is 24.0. The third-order valence-corrected chi connectivity index (χ3v) is 4.36. The number of hydrogen-bond donors (Lipinski definition) is 1. The number of pyridine rings is 2. The number of ether oxygens (including phenoxy) is 2. The molecular weight excluding hydrogens is 432 g/mol. The summed E-state index contributed by atoms with van der Waals surface area (Å²) in [5.41, 5.74) is 1.04. The van der Waals surface area contributed by atoms with Gasteiger partial charge >= 0.3 is 17.9 Å². The first kappa shape index (κ1) is 23.1. The van der Waals surface area contributed by atoms with E-state index in [-0.39, 0.29) is 36.3 Å². The van der Waals surface area contributed by atoms with E-state index < -0.39 is 17.9 Å². The van der Waals surface area contributed by atoms with Gasteiger partial charge in [0, 0.05) is 12.4 Å². The number of aromatic nitrogens is 4. The second-order valence-corrected chi connectivity index (χ2v) is 6.38. The highest BCUT2D eigenvalue weighted by molar-refractivity contribution is 5.97. The molecule has 0 aliphatic rings. The summed E-state index contributed by atoms with van der Waals surface area (Å²) >= 11 is 0.